The minimum absolute atomic E-state index is 1.33. The van der Waals surface area contributed by atoms with E-state index < -0.39 is 14.7 Å². The topological polar surface area (TPSA) is 0 Å². The van der Waals surface area contributed by atoms with Crippen LogP contribution in [0.3, 0.4) is 0 Å². The number of hydrogen-bond acceptors (Lipinski definition) is 0. The van der Waals surface area contributed by atoms with Gasteiger partial charge in [0.15, 0.2) is 0 Å². The summed E-state index contributed by atoms with van der Waals surface area (Å²) in [4.78, 5) is 0. The monoisotopic (exact) mass is 345 g/mol. The molecule has 3 rings (SSSR count). The van der Waals surface area contributed by atoms with E-state index in [1.807, 2.05) is 30.3 Å². The molecule has 0 unspecified atom stereocenters. The van der Waals surface area contributed by atoms with Crippen molar-refractivity contribution in [1.29, 1.82) is 0 Å². The SMILES string of the molecule is [Cl][Ti]([Cl])[Cl].[c-]1ccccc1.c1ccc2[cH-]ccc2c1. The van der Waals surface area contributed by atoms with Crippen molar-refractivity contribution >= 4 is 38.7 Å². The standard InChI is InChI=1S/C9H7.C6H5.3ClH.Ti/c1-2-5-9-7-3-6-8(9)4-1;1-2-4-6-5-3-1;;;;/h1-7H;1-5H;3*1H;/q2*-1;;;;+3/p-3. The Labute approximate surface area is 131 Å². The average molecular weight is 346 g/mol. The van der Waals surface area contributed by atoms with Gasteiger partial charge >= 0.3 is 42.6 Å². The third-order valence-corrected chi connectivity index (χ3v) is 2.15. The van der Waals surface area contributed by atoms with Gasteiger partial charge < -0.3 is 0 Å². The molecule has 4 heteroatoms. The number of halogens is 3. The second-order valence-corrected chi connectivity index (χ2v) is 11.2. The van der Waals surface area contributed by atoms with Gasteiger partial charge in [-0.25, -0.2) is 0 Å². The fourth-order valence-corrected chi connectivity index (χ4v) is 1.41. The molecule has 0 saturated carbocycles. The summed E-state index contributed by atoms with van der Waals surface area (Å²) >= 11 is -1.92. The summed E-state index contributed by atoms with van der Waals surface area (Å²) in [5.41, 5.74) is 0. The Morgan fingerprint density at radius 2 is 1.47 bits per heavy atom. The molecule has 3 aromatic carbocycles. The molecular weight excluding hydrogens is 334 g/mol. The smallest absolute Gasteiger partial charge is 0.0809 e. The van der Waals surface area contributed by atoms with E-state index in [4.69, 9.17) is 27.9 Å². The van der Waals surface area contributed by atoms with E-state index in [9.17, 15) is 0 Å². The molecule has 0 radical (unpaired) electrons. The van der Waals surface area contributed by atoms with E-state index in [-0.39, 0.29) is 0 Å². The van der Waals surface area contributed by atoms with E-state index >= 15 is 0 Å². The summed E-state index contributed by atoms with van der Waals surface area (Å²) in [5.74, 6) is 0. The van der Waals surface area contributed by atoms with Crippen LogP contribution in [0.15, 0.2) is 72.8 Å². The van der Waals surface area contributed by atoms with E-state index in [1.54, 1.807) is 0 Å². The maximum absolute atomic E-state index is 4.97. The van der Waals surface area contributed by atoms with Crippen molar-refractivity contribution in [1.82, 2.24) is 0 Å². The summed E-state index contributed by atoms with van der Waals surface area (Å²) in [7, 11) is 14.9. The number of hydrogen-bond donors (Lipinski definition) is 0. The first kappa shape index (κ1) is 16.7. The van der Waals surface area contributed by atoms with Gasteiger partial charge in [-0.1, -0.05) is 6.07 Å². The molecule has 0 aromatic heterocycles. The maximum Gasteiger partial charge on any atom is -0.0809 e. The minimum Gasteiger partial charge on any atom is -0.184 e. The summed E-state index contributed by atoms with van der Waals surface area (Å²) < 4.78 is 0. The third-order valence-electron chi connectivity index (χ3n) is 2.15. The molecule has 0 heterocycles. The van der Waals surface area contributed by atoms with E-state index in [0.717, 1.165) is 0 Å². The molecule has 0 aliphatic carbocycles. The zero-order valence-corrected chi connectivity index (χ0v) is 13.9. The van der Waals surface area contributed by atoms with Gasteiger partial charge in [-0.2, -0.15) is 53.9 Å². The van der Waals surface area contributed by atoms with E-state index in [1.165, 1.54) is 10.8 Å². The van der Waals surface area contributed by atoms with Crippen molar-refractivity contribution in [2.45, 2.75) is 0 Å². The zero-order valence-electron chi connectivity index (χ0n) is 10.1. The molecule has 0 amide bonds. The van der Waals surface area contributed by atoms with Gasteiger partial charge in [-0.15, -0.1) is 29.7 Å². The molecule has 0 spiro atoms. The van der Waals surface area contributed by atoms with Crippen LogP contribution < -0.4 is 0 Å². The molecule has 99 valence electrons. The summed E-state index contributed by atoms with van der Waals surface area (Å²) in [6.07, 6.45) is 0. The first-order valence-corrected chi connectivity index (χ1v) is 12.0. The third kappa shape index (κ3) is 8.41. The fraction of sp³-hybridized carbons (Fsp3) is 0. The van der Waals surface area contributed by atoms with Gasteiger partial charge in [0.1, 0.15) is 0 Å². The largest absolute Gasteiger partial charge is 0.184 e. The van der Waals surface area contributed by atoms with Gasteiger partial charge in [0.25, 0.3) is 0 Å². The molecule has 19 heavy (non-hydrogen) atoms. The normalized spacial score (nSPS) is 8.79. The molecule has 0 fully saturated rings. The maximum atomic E-state index is 4.97. The molecule has 0 aliphatic heterocycles. The van der Waals surface area contributed by atoms with Crippen molar-refractivity contribution in [3.8, 4) is 0 Å². The quantitative estimate of drug-likeness (QED) is 0.340. The van der Waals surface area contributed by atoms with Crippen LogP contribution in [-0.4, -0.2) is 0 Å². The second-order valence-electron chi connectivity index (χ2n) is 3.45. The second kappa shape index (κ2) is 10.4. The zero-order chi connectivity index (χ0) is 13.9. The minimum atomic E-state index is -1.92. The van der Waals surface area contributed by atoms with Crippen molar-refractivity contribution in [2.24, 2.45) is 0 Å². The molecule has 3 aromatic rings. The molecular formula is C15H12Cl3Ti-2. The van der Waals surface area contributed by atoms with Gasteiger partial charge in [0.05, 0.1) is 0 Å². The Kier molecular flexibility index (Phi) is 9.16. The van der Waals surface area contributed by atoms with Crippen LogP contribution in [0.25, 0.3) is 10.8 Å². The van der Waals surface area contributed by atoms with Crippen LogP contribution in [0.4, 0.5) is 0 Å². The Morgan fingerprint density at radius 3 is 1.95 bits per heavy atom. The molecule has 0 saturated heterocycles. The van der Waals surface area contributed by atoms with Crippen LogP contribution in [0, 0.1) is 6.07 Å². The van der Waals surface area contributed by atoms with Gasteiger partial charge in [0, 0.05) is 0 Å². The summed E-state index contributed by atoms with van der Waals surface area (Å²) in [6.45, 7) is 0. The fourth-order valence-electron chi connectivity index (χ4n) is 1.41. The molecule has 0 atom stereocenters. The Balaban J connectivity index is 0.000000158. The Hall–Kier alpha value is -0.366. The van der Waals surface area contributed by atoms with Crippen molar-refractivity contribution in [3.05, 3.63) is 78.9 Å². The molecule has 0 N–H and O–H groups in total. The summed E-state index contributed by atoms with van der Waals surface area (Å²) in [6, 6.07) is 27.2. The first-order chi connectivity index (χ1) is 9.20. The number of benzene rings is 2. The van der Waals surface area contributed by atoms with Gasteiger partial charge in [-0.05, 0) is 0 Å². The van der Waals surface area contributed by atoms with Crippen LogP contribution in [0.2, 0.25) is 0 Å². The van der Waals surface area contributed by atoms with Crippen molar-refractivity contribution in [2.75, 3.05) is 0 Å². The van der Waals surface area contributed by atoms with Crippen molar-refractivity contribution in [3.63, 3.8) is 0 Å². The number of fused-ring (bicyclic) bond motifs is 1. The predicted molar refractivity (Wildman–Crippen MR) is 82.4 cm³/mol. The summed E-state index contributed by atoms with van der Waals surface area (Å²) in [5, 5.41) is 2.66. The Bertz CT molecular complexity index is 490. The van der Waals surface area contributed by atoms with E-state index in [2.05, 4.69) is 48.5 Å². The number of rotatable bonds is 0. The van der Waals surface area contributed by atoms with Crippen LogP contribution >= 0.6 is 27.9 Å². The van der Waals surface area contributed by atoms with Crippen LogP contribution in [0.5, 0.6) is 0 Å². The molecule has 0 nitrogen and oxygen atoms in total. The van der Waals surface area contributed by atoms with Crippen LogP contribution in [0.1, 0.15) is 0 Å². The van der Waals surface area contributed by atoms with Gasteiger partial charge in [-0.3, -0.25) is 0 Å². The van der Waals surface area contributed by atoms with Crippen molar-refractivity contribution < 1.29 is 14.7 Å². The van der Waals surface area contributed by atoms with E-state index in [0.29, 0.717) is 0 Å². The Morgan fingerprint density at radius 1 is 0.842 bits per heavy atom. The molecule has 0 bridgehead atoms. The van der Waals surface area contributed by atoms with Gasteiger partial charge in [0.2, 0.25) is 0 Å². The first-order valence-electron chi connectivity index (χ1n) is 5.55. The van der Waals surface area contributed by atoms with Crippen LogP contribution in [-0.2, 0) is 14.7 Å². The average Bonchev–Trinajstić information content (AvgIpc) is 2.89. The molecule has 0 aliphatic rings. The predicted octanol–water partition coefficient (Wildman–Crippen LogP) is 6.11.